The Hall–Kier alpha value is -1.16. The smallest absolute Gasteiger partial charge is 0.251 e. The lowest BCUT2D eigenvalue weighted by Crippen LogP contribution is -2.27. The number of nitrogens with one attached hydrogen (secondary N) is 2. The Bertz CT molecular complexity index is 508. The summed E-state index contributed by atoms with van der Waals surface area (Å²) in [6, 6.07) is 1.60. The third kappa shape index (κ3) is 4.40. The van der Waals surface area contributed by atoms with Crippen molar-refractivity contribution in [1.29, 1.82) is 0 Å². The highest BCUT2D eigenvalue weighted by atomic mass is 16.1. The number of aromatic nitrogens is 2. The van der Waals surface area contributed by atoms with E-state index >= 15 is 0 Å². The van der Waals surface area contributed by atoms with Gasteiger partial charge in [-0.2, -0.15) is 0 Å². The van der Waals surface area contributed by atoms with Crippen LogP contribution in [0.3, 0.4) is 0 Å². The lowest BCUT2D eigenvalue weighted by Gasteiger charge is -2.36. The molecule has 1 aromatic heterocycles. The summed E-state index contributed by atoms with van der Waals surface area (Å²) in [7, 11) is 0. The Kier molecular flexibility index (Phi) is 5.20. The second kappa shape index (κ2) is 6.73. The zero-order valence-corrected chi connectivity index (χ0v) is 13.8. The minimum absolute atomic E-state index is 0.0224. The van der Waals surface area contributed by atoms with Crippen LogP contribution in [0.4, 0.5) is 0 Å². The Balaban J connectivity index is 2.06. The number of hydrogen-bond donors (Lipinski definition) is 2. The zero-order chi connectivity index (χ0) is 15.5. The van der Waals surface area contributed by atoms with Crippen molar-refractivity contribution in [2.24, 2.45) is 11.3 Å². The average Bonchev–Trinajstić information content (AvgIpc) is 2.44. The lowest BCUT2D eigenvalue weighted by atomic mass is 9.69. The van der Waals surface area contributed by atoms with Crippen molar-refractivity contribution in [3.05, 3.63) is 27.9 Å². The van der Waals surface area contributed by atoms with E-state index in [2.05, 4.69) is 43.0 Å². The van der Waals surface area contributed by atoms with Gasteiger partial charge in [-0.3, -0.25) is 4.79 Å². The van der Waals surface area contributed by atoms with E-state index < -0.39 is 0 Å². The first kappa shape index (κ1) is 16.2. The summed E-state index contributed by atoms with van der Waals surface area (Å²) >= 11 is 0. The van der Waals surface area contributed by atoms with E-state index in [4.69, 9.17) is 0 Å². The fourth-order valence-corrected chi connectivity index (χ4v) is 3.30. The standard InChI is InChI=1S/C17H29N3O/c1-5-18-11-14-10-15(21)20-16(19-14)12-6-8-13(9-7-12)17(2,3)4/h10,12-13,18H,5-9,11H2,1-4H3,(H,19,20,21). The Morgan fingerprint density at radius 1 is 1.29 bits per heavy atom. The van der Waals surface area contributed by atoms with Gasteiger partial charge in [0.2, 0.25) is 0 Å². The molecule has 0 saturated heterocycles. The molecule has 0 radical (unpaired) electrons. The normalized spacial score (nSPS) is 23.2. The third-order valence-electron chi connectivity index (χ3n) is 4.71. The van der Waals surface area contributed by atoms with E-state index in [0.29, 0.717) is 17.9 Å². The summed E-state index contributed by atoms with van der Waals surface area (Å²) in [5.41, 5.74) is 1.22. The maximum absolute atomic E-state index is 11.8. The van der Waals surface area contributed by atoms with Gasteiger partial charge in [-0.1, -0.05) is 27.7 Å². The SMILES string of the molecule is CCNCc1cc(=O)[nH]c(C2CCC(C(C)(C)C)CC2)n1. The van der Waals surface area contributed by atoms with Crippen molar-refractivity contribution in [2.75, 3.05) is 6.54 Å². The molecule has 4 nitrogen and oxygen atoms in total. The van der Waals surface area contributed by atoms with Crippen LogP contribution in [0.2, 0.25) is 0 Å². The first-order valence-corrected chi connectivity index (χ1v) is 8.21. The summed E-state index contributed by atoms with van der Waals surface area (Å²) in [6.45, 7) is 10.6. The van der Waals surface area contributed by atoms with E-state index in [9.17, 15) is 4.79 Å². The van der Waals surface area contributed by atoms with Gasteiger partial charge < -0.3 is 10.3 Å². The van der Waals surface area contributed by atoms with Gasteiger partial charge in [-0.25, -0.2) is 4.98 Å². The molecule has 0 unspecified atom stereocenters. The highest BCUT2D eigenvalue weighted by molar-refractivity contribution is 5.07. The fourth-order valence-electron chi connectivity index (χ4n) is 3.30. The van der Waals surface area contributed by atoms with E-state index in [0.717, 1.165) is 36.8 Å². The van der Waals surface area contributed by atoms with Crippen LogP contribution in [0.1, 0.15) is 70.8 Å². The minimum Gasteiger partial charge on any atom is -0.311 e. The molecule has 0 aliphatic heterocycles. The Morgan fingerprint density at radius 3 is 2.52 bits per heavy atom. The van der Waals surface area contributed by atoms with Crippen LogP contribution >= 0.6 is 0 Å². The summed E-state index contributed by atoms with van der Waals surface area (Å²) < 4.78 is 0. The summed E-state index contributed by atoms with van der Waals surface area (Å²) in [4.78, 5) is 19.4. The quantitative estimate of drug-likeness (QED) is 0.895. The number of nitrogens with zero attached hydrogens (tertiary/aromatic N) is 1. The molecule has 118 valence electrons. The van der Waals surface area contributed by atoms with Crippen molar-refractivity contribution in [1.82, 2.24) is 15.3 Å². The molecule has 4 heteroatoms. The summed E-state index contributed by atoms with van der Waals surface area (Å²) in [5.74, 6) is 2.09. The van der Waals surface area contributed by atoms with E-state index in [1.54, 1.807) is 6.07 Å². The summed E-state index contributed by atoms with van der Waals surface area (Å²) in [6.07, 6.45) is 4.73. The second-order valence-electron chi connectivity index (χ2n) is 7.32. The van der Waals surface area contributed by atoms with Gasteiger partial charge >= 0.3 is 0 Å². The van der Waals surface area contributed by atoms with Gasteiger partial charge in [0.1, 0.15) is 5.82 Å². The van der Waals surface area contributed by atoms with Gasteiger partial charge in [0, 0.05) is 18.5 Å². The first-order valence-electron chi connectivity index (χ1n) is 8.21. The van der Waals surface area contributed by atoms with Gasteiger partial charge in [0.25, 0.3) is 5.56 Å². The highest BCUT2D eigenvalue weighted by Gasteiger charge is 2.31. The van der Waals surface area contributed by atoms with Gasteiger partial charge in [0.05, 0.1) is 5.69 Å². The second-order valence-corrected chi connectivity index (χ2v) is 7.32. The molecule has 1 saturated carbocycles. The molecule has 2 rings (SSSR count). The van der Waals surface area contributed by atoms with Gasteiger partial charge in [0.15, 0.2) is 0 Å². The maximum atomic E-state index is 11.8. The van der Waals surface area contributed by atoms with Gasteiger partial charge in [-0.05, 0) is 43.6 Å². The van der Waals surface area contributed by atoms with Crippen LogP contribution in [-0.2, 0) is 6.54 Å². The maximum Gasteiger partial charge on any atom is 0.251 e. The van der Waals surface area contributed by atoms with E-state index in [1.165, 1.54) is 12.8 Å². The molecule has 21 heavy (non-hydrogen) atoms. The molecule has 0 spiro atoms. The van der Waals surface area contributed by atoms with Gasteiger partial charge in [-0.15, -0.1) is 0 Å². The lowest BCUT2D eigenvalue weighted by molar-refractivity contribution is 0.167. The van der Waals surface area contributed by atoms with Crippen LogP contribution in [0.25, 0.3) is 0 Å². The molecule has 1 heterocycles. The van der Waals surface area contributed by atoms with Crippen molar-refractivity contribution in [2.45, 2.75) is 65.8 Å². The molecule has 0 atom stereocenters. The van der Waals surface area contributed by atoms with E-state index in [1.807, 2.05) is 0 Å². The topological polar surface area (TPSA) is 57.8 Å². The summed E-state index contributed by atoms with van der Waals surface area (Å²) in [5, 5.41) is 3.23. The molecule has 1 aromatic rings. The third-order valence-corrected chi connectivity index (χ3v) is 4.71. The van der Waals surface area contributed by atoms with Crippen LogP contribution in [0, 0.1) is 11.3 Å². The monoisotopic (exact) mass is 291 g/mol. The molecule has 0 bridgehead atoms. The predicted molar refractivity (Wildman–Crippen MR) is 86.4 cm³/mol. The number of rotatable bonds is 4. The molecule has 0 amide bonds. The Morgan fingerprint density at radius 2 is 1.95 bits per heavy atom. The average molecular weight is 291 g/mol. The number of H-pyrrole nitrogens is 1. The molecule has 2 N–H and O–H groups in total. The molecular formula is C17H29N3O. The largest absolute Gasteiger partial charge is 0.311 e. The molecule has 1 aliphatic carbocycles. The zero-order valence-electron chi connectivity index (χ0n) is 13.8. The number of hydrogen-bond acceptors (Lipinski definition) is 3. The molecule has 1 fully saturated rings. The van der Waals surface area contributed by atoms with Crippen molar-refractivity contribution < 1.29 is 0 Å². The van der Waals surface area contributed by atoms with E-state index in [-0.39, 0.29) is 5.56 Å². The molecular weight excluding hydrogens is 262 g/mol. The van der Waals surface area contributed by atoms with Crippen LogP contribution in [0.5, 0.6) is 0 Å². The predicted octanol–water partition coefficient (Wildman–Crippen LogP) is 3.20. The molecule has 0 aromatic carbocycles. The highest BCUT2D eigenvalue weighted by Crippen LogP contribution is 2.42. The van der Waals surface area contributed by atoms with Crippen LogP contribution in [0.15, 0.2) is 10.9 Å². The minimum atomic E-state index is -0.0224. The van der Waals surface area contributed by atoms with Crippen LogP contribution < -0.4 is 10.9 Å². The first-order chi connectivity index (χ1) is 9.90. The van der Waals surface area contributed by atoms with Crippen LogP contribution in [-0.4, -0.2) is 16.5 Å². The number of aromatic amines is 1. The van der Waals surface area contributed by atoms with Crippen molar-refractivity contribution in [3.63, 3.8) is 0 Å². The Labute approximate surface area is 127 Å². The van der Waals surface area contributed by atoms with Crippen molar-refractivity contribution in [3.8, 4) is 0 Å². The van der Waals surface area contributed by atoms with Crippen molar-refractivity contribution >= 4 is 0 Å². The molecule has 1 aliphatic rings. The fraction of sp³-hybridized carbons (Fsp3) is 0.765.